The van der Waals surface area contributed by atoms with Crippen molar-refractivity contribution in [3.63, 3.8) is 0 Å². The Balaban J connectivity index is 1.59. The van der Waals surface area contributed by atoms with Crippen molar-refractivity contribution in [2.75, 3.05) is 40.0 Å². The molecule has 0 aliphatic carbocycles. The summed E-state index contributed by atoms with van der Waals surface area (Å²) in [7, 11) is 1.71. The molecule has 8 heteroatoms. The van der Waals surface area contributed by atoms with Crippen molar-refractivity contribution < 1.29 is 9.47 Å². The molecule has 0 spiro atoms. The minimum atomic E-state index is -0.115. The van der Waals surface area contributed by atoms with Crippen LogP contribution in [0.4, 0.5) is 0 Å². The summed E-state index contributed by atoms with van der Waals surface area (Å²) in [5.41, 5.74) is 3.04. The van der Waals surface area contributed by atoms with E-state index < -0.39 is 0 Å². The summed E-state index contributed by atoms with van der Waals surface area (Å²) in [5, 5.41) is 4.87. The Bertz CT molecular complexity index is 965. The molecule has 1 fully saturated rings. The van der Waals surface area contributed by atoms with Crippen LogP contribution in [0.5, 0.6) is 0 Å². The van der Waals surface area contributed by atoms with Gasteiger partial charge in [0.05, 0.1) is 25.5 Å². The molecule has 29 heavy (non-hydrogen) atoms. The molecular formula is C21H24Cl2N4O2. The van der Waals surface area contributed by atoms with E-state index in [1.165, 1.54) is 0 Å². The molecule has 1 saturated heterocycles. The molecule has 3 aromatic rings. The molecule has 1 N–H and O–H groups in total. The predicted molar refractivity (Wildman–Crippen MR) is 115 cm³/mol. The summed E-state index contributed by atoms with van der Waals surface area (Å²) in [6.07, 6.45) is 5.69. The van der Waals surface area contributed by atoms with Crippen LogP contribution in [-0.2, 0) is 9.47 Å². The lowest BCUT2D eigenvalue weighted by atomic mass is 10.1. The Morgan fingerprint density at radius 1 is 1.28 bits per heavy atom. The summed E-state index contributed by atoms with van der Waals surface area (Å²) >= 11 is 12.5. The molecule has 2 atom stereocenters. The summed E-state index contributed by atoms with van der Waals surface area (Å²) < 4.78 is 13.3. The monoisotopic (exact) mass is 434 g/mol. The number of hydrogen-bond acceptors (Lipinski definition) is 5. The lowest BCUT2D eigenvalue weighted by Gasteiger charge is -2.39. The number of nitrogens with zero attached hydrogens (tertiary/aromatic N) is 3. The Morgan fingerprint density at radius 2 is 2.17 bits per heavy atom. The van der Waals surface area contributed by atoms with E-state index >= 15 is 0 Å². The predicted octanol–water partition coefficient (Wildman–Crippen LogP) is 3.95. The fourth-order valence-corrected chi connectivity index (χ4v) is 4.24. The third-order valence-electron chi connectivity index (χ3n) is 5.15. The number of halogens is 2. The van der Waals surface area contributed by atoms with Crippen LogP contribution in [0.25, 0.3) is 5.65 Å². The molecule has 2 aromatic heterocycles. The largest absolute Gasteiger partial charge is 0.383 e. The van der Waals surface area contributed by atoms with Gasteiger partial charge in [0.15, 0.2) is 0 Å². The van der Waals surface area contributed by atoms with E-state index in [0.29, 0.717) is 29.8 Å². The molecule has 6 nitrogen and oxygen atoms in total. The molecule has 0 radical (unpaired) electrons. The van der Waals surface area contributed by atoms with Crippen molar-refractivity contribution in [3.05, 3.63) is 70.1 Å². The number of ether oxygens (including phenoxy) is 2. The normalized spacial score (nSPS) is 18.9. The van der Waals surface area contributed by atoms with Gasteiger partial charge in [-0.1, -0.05) is 29.3 Å². The van der Waals surface area contributed by atoms with Crippen molar-refractivity contribution in [3.8, 4) is 0 Å². The smallest absolute Gasteiger partial charge is 0.137 e. The van der Waals surface area contributed by atoms with Gasteiger partial charge in [-0.05, 0) is 29.8 Å². The van der Waals surface area contributed by atoms with Crippen molar-refractivity contribution in [1.82, 2.24) is 19.6 Å². The SMILES string of the molecule is COCCNC(c1ccn2ccnc2c1)N1CCOC(c2ccc(Cl)cc2Cl)C1. The standard InChI is InChI=1S/C21H24Cl2N4O2/c1-28-10-6-25-21(15-4-7-26-8-5-24-20(26)12-15)27-9-11-29-19(14-27)17-3-2-16(22)13-18(17)23/h2-5,7-8,12-13,19,21,25H,6,9-11,14H2,1H3. The molecule has 0 saturated carbocycles. The van der Waals surface area contributed by atoms with Crippen molar-refractivity contribution >= 4 is 28.8 Å². The number of nitrogens with one attached hydrogen (secondary N) is 1. The second-order valence-corrected chi connectivity index (χ2v) is 7.87. The molecular weight excluding hydrogens is 411 g/mol. The Labute approximate surface area is 180 Å². The first kappa shape index (κ1) is 20.6. The topological polar surface area (TPSA) is 51.0 Å². The van der Waals surface area contributed by atoms with Gasteiger partial charge in [0.1, 0.15) is 5.65 Å². The van der Waals surface area contributed by atoms with Gasteiger partial charge in [-0.15, -0.1) is 0 Å². The maximum Gasteiger partial charge on any atom is 0.137 e. The van der Waals surface area contributed by atoms with E-state index in [2.05, 4.69) is 27.3 Å². The number of benzene rings is 1. The van der Waals surface area contributed by atoms with Crippen molar-refractivity contribution in [1.29, 1.82) is 0 Å². The molecule has 1 aliphatic rings. The van der Waals surface area contributed by atoms with Gasteiger partial charge < -0.3 is 13.9 Å². The average molecular weight is 435 g/mol. The highest BCUT2D eigenvalue weighted by Crippen LogP contribution is 2.33. The molecule has 2 unspecified atom stereocenters. The first-order valence-corrected chi connectivity index (χ1v) is 10.4. The van der Waals surface area contributed by atoms with Gasteiger partial charge in [-0.3, -0.25) is 10.2 Å². The van der Waals surface area contributed by atoms with Gasteiger partial charge in [0.2, 0.25) is 0 Å². The van der Waals surface area contributed by atoms with Gasteiger partial charge in [0, 0.05) is 60.9 Å². The number of methoxy groups -OCH3 is 1. The number of imidazole rings is 1. The quantitative estimate of drug-likeness (QED) is 0.570. The molecule has 0 amide bonds. The first-order chi connectivity index (χ1) is 14.2. The van der Waals surface area contributed by atoms with E-state index in [1.807, 2.05) is 28.9 Å². The molecule has 3 heterocycles. The highest BCUT2D eigenvalue weighted by molar-refractivity contribution is 6.35. The van der Waals surface area contributed by atoms with Gasteiger partial charge in [-0.25, -0.2) is 4.98 Å². The molecule has 0 bridgehead atoms. The first-order valence-electron chi connectivity index (χ1n) is 9.61. The number of hydrogen-bond donors (Lipinski definition) is 1. The maximum absolute atomic E-state index is 6.44. The van der Waals surface area contributed by atoms with E-state index in [-0.39, 0.29) is 12.3 Å². The number of morpholine rings is 1. The Kier molecular flexibility index (Phi) is 6.70. The zero-order valence-corrected chi connectivity index (χ0v) is 17.7. The van der Waals surface area contributed by atoms with Gasteiger partial charge in [0.25, 0.3) is 0 Å². The number of aromatic nitrogens is 2. The summed E-state index contributed by atoms with van der Waals surface area (Å²) in [6.45, 7) is 3.53. The number of fused-ring (bicyclic) bond motifs is 1. The molecule has 4 rings (SSSR count). The zero-order valence-electron chi connectivity index (χ0n) is 16.2. The van der Waals surface area contributed by atoms with Gasteiger partial charge in [-0.2, -0.15) is 0 Å². The third-order valence-corrected chi connectivity index (χ3v) is 5.72. The lowest BCUT2D eigenvalue weighted by Crippen LogP contribution is -2.46. The van der Waals surface area contributed by atoms with Crippen LogP contribution in [-0.4, -0.2) is 54.2 Å². The Morgan fingerprint density at radius 3 is 3.00 bits per heavy atom. The highest BCUT2D eigenvalue weighted by Gasteiger charge is 2.29. The highest BCUT2D eigenvalue weighted by atomic mass is 35.5. The van der Waals surface area contributed by atoms with Crippen LogP contribution in [0.15, 0.2) is 48.9 Å². The fraction of sp³-hybridized carbons (Fsp3) is 0.381. The molecule has 154 valence electrons. The van der Waals surface area contributed by atoms with E-state index in [0.717, 1.165) is 29.9 Å². The van der Waals surface area contributed by atoms with E-state index in [4.69, 9.17) is 32.7 Å². The second kappa shape index (κ2) is 9.43. The van der Waals surface area contributed by atoms with Gasteiger partial charge >= 0.3 is 0 Å². The van der Waals surface area contributed by atoms with E-state index in [9.17, 15) is 0 Å². The van der Waals surface area contributed by atoms with Crippen LogP contribution >= 0.6 is 23.2 Å². The summed E-state index contributed by atoms with van der Waals surface area (Å²) in [5.74, 6) is 0. The maximum atomic E-state index is 6.44. The third kappa shape index (κ3) is 4.74. The van der Waals surface area contributed by atoms with Crippen molar-refractivity contribution in [2.24, 2.45) is 0 Å². The average Bonchev–Trinajstić information content (AvgIpc) is 3.19. The number of pyridine rings is 1. The zero-order chi connectivity index (χ0) is 20.2. The summed E-state index contributed by atoms with van der Waals surface area (Å²) in [4.78, 5) is 6.80. The van der Waals surface area contributed by atoms with Crippen LogP contribution in [0.1, 0.15) is 23.4 Å². The second-order valence-electron chi connectivity index (χ2n) is 7.02. The van der Waals surface area contributed by atoms with Crippen LogP contribution in [0, 0.1) is 0 Å². The van der Waals surface area contributed by atoms with E-state index in [1.54, 1.807) is 19.4 Å². The molecule has 1 aliphatic heterocycles. The minimum absolute atomic E-state index is 0.0179. The summed E-state index contributed by atoms with van der Waals surface area (Å²) in [6, 6.07) is 9.80. The van der Waals surface area contributed by atoms with Crippen LogP contribution in [0.2, 0.25) is 10.0 Å². The van der Waals surface area contributed by atoms with Crippen LogP contribution in [0.3, 0.4) is 0 Å². The van der Waals surface area contributed by atoms with Crippen LogP contribution < -0.4 is 5.32 Å². The minimum Gasteiger partial charge on any atom is -0.383 e. The fourth-order valence-electron chi connectivity index (χ4n) is 3.71. The lowest BCUT2D eigenvalue weighted by molar-refractivity contribution is -0.0513. The Hall–Kier alpha value is -1.67. The number of rotatable bonds is 7. The molecule has 1 aromatic carbocycles. The van der Waals surface area contributed by atoms with Crippen molar-refractivity contribution in [2.45, 2.75) is 12.3 Å².